The Labute approximate surface area is 271 Å². The summed E-state index contributed by atoms with van der Waals surface area (Å²) in [6.07, 6.45) is 6.55. The van der Waals surface area contributed by atoms with Crippen LogP contribution in [0.1, 0.15) is 65.5 Å². The number of imidazole rings is 1. The van der Waals surface area contributed by atoms with Crippen LogP contribution in [0.25, 0.3) is 11.3 Å². The molecule has 2 fully saturated rings. The Morgan fingerprint density at radius 3 is 2.57 bits per heavy atom. The molecule has 0 radical (unpaired) electrons. The Hall–Kier alpha value is -4.10. The Balaban J connectivity index is 1.50. The van der Waals surface area contributed by atoms with E-state index in [1.54, 1.807) is 47.6 Å². The van der Waals surface area contributed by atoms with Crippen LogP contribution in [-0.4, -0.2) is 61.2 Å². The van der Waals surface area contributed by atoms with Gasteiger partial charge in [0.2, 0.25) is 0 Å². The molecule has 1 aliphatic heterocycles. The van der Waals surface area contributed by atoms with Crippen LogP contribution in [0.2, 0.25) is 0 Å². The normalized spacial score (nSPS) is 33.0. The first-order valence-electron chi connectivity index (χ1n) is 15.2. The minimum Gasteiger partial charge on any atom is -0.482 e. The number of fused-ring (bicyclic) bond motifs is 4. The van der Waals surface area contributed by atoms with E-state index in [2.05, 4.69) is 9.97 Å². The van der Waals surface area contributed by atoms with Crippen molar-refractivity contribution >= 4 is 29.3 Å². The first-order chi connectivity index (χ1) is 21.8. The fourth-order valence-corrected chi connectivity index (χ4v) is 8.61. The fourth-order valence-electron chi connectivity index (χ4n) is 8.39. The van der Waals surface area contributed by atoms with Crippen molar-refractivity contribution in [3.05, 3.63) is 65.3 Å². The highest BCUT2D eigenvalue weighted by atomic mass is 32.1. The monoisotopic (exact) mass is 651 g/mol. The molecule has 3 aromatic heterocycles. The van der Waals surface area contributed by atoms with E-state index in [9.17, 15) is 19.5 Å². The maximum absolute atomic E-state index is 13.6. The third-order valence-corrected chi connectivity index (χ3v) is 10.7. The van der Waals surface area contributed by atoms with Gasteiger partial charge in [-0.25, -0.2) is 9.78 Å². The van der Waals surface area contributed by atoms with E-state index >= 15 is 0 Å². The summed E-state index contributed by atoms with van der Waals surface area (Å²) in [5, 5.41) is 12.4. The Morgan fingerprint density at radius 2 is 1.91 bits per heavy atom. The molecule has 3 aromatic rings. The summed E-state index contributed by atoms with van der Waals surface area (Å²) in [6.45, 7) is 8.48. The number of rotatable bonds is 5. The Morgan fingerprint density at radius 1 is 1.13 bits per heavy atom. The summed E-state index contributed by atoms with van der Waals surface area (Å²) in [5.74, 6) is -1.57. The smallest absolute Gasteiger partial charge is 0.345 e. The minimum absolute atomic E-state index is 0.0109. The number of hydrogen-bond acceptors (Lipinski definition) is 12. The van der Waals surface area contributed by atoms with Gasteiger partial charge in [0.1, 0.15) is 47.8 Å². The molecule has 2 aliphatic carbocycles. The second kappa shape index (κ2) is 11.6. The van der Waals surface area contributed by atoms with Crippen molar-refractivity contribution in [1.29, 1.82) is 0 Å². The maximum atomic E-state index is 13.6. The summed E-state index contributed by atoms with van der Waals surface area (Å²) >= 11 is 5.68. The number of nitrogens with zero attached hydrogens (tertiary/aromatic N) is 3. The molecular formula is C33H37N3O9S. The summed E-state index contributed by atoms with van der Waals surface area (Å²) in [6, 6.07) is 5.08. The van der Waals surface area contributed by atoms with Crippen molar-refractivity contribution in [2.24, 2.45) is 22.7 Å². The first kappa shape index (κ1) is 31.9. The van der Waals surface area contributed by atoms with Crippen molar-refractivity contribution in [1.82, 2.24) is 14.5 Å². The van der Waals surface area contributed by atoms with Gasteiger partial charge in [-0.2, -0.15) is 0 Å². The second-order valence-corrected chi connectivity index (χ2v) is 13.5. The SMILES string of the molecule is CC(=O)OC[C@@]1(C)[C@@H]2C[C@H](OC(=S)n3ccnc3)[C@@]3(C)Oc4cc(-c5cccnc5)oc(=O)c4[C@H](O)[C@@H]3[C@@]2(C)CC[C@@H]1OC(C)=O. The minimum atomic E-state index is -1.32. The van der Waals surface area contributed by atoms with E-state index in [1.807, 2.05) is 20.8 Å². The standard InChI is InChI=1S/C33H37N3O9S/c1-18(37)41-16-32(4)23-14-25(44-30(46)36-12-11-35-17-36)33(5)28(31(23,3)9-8-24(32)42-19(2)38)27(39)26-22(45-33)13-21(43-29(26)40)20-7-6-10-34-15-20/h6-7,10-13,15,17,23-25,27-28,39H,8-9,14,16H2,1-5H3/t23-,24+,25+,27+,28-,31+,32+,33-/m1/s1. The lowest BCUT2D eigenvalue weighted by atomic mass is 9.42. The lowest BCUT2D eigenvalue weighted by Crippen LogP contribution is -2.71. The molecule has 0 aromatic carbocycles. The average molecular weight is 652 g/mol. The number of hydrogen-bond donors (Lipinski definition) is 1. The molecular weight excluding hydrogens is 614 g/mol. The van der Waals surface area contributed by atoms with Gasteiger partial charge >= 0.3 is 17.6 Å². The number of aliphatic hydroxyl groups is 1. The molecule has 0 unspecified atom stereocenters. The third kappa shape index (κ3) is 5.19. The molecule has 0 saturated heterocycles. The number of carbonyl (C=O) groups excluding carboxylic acids is 2. The molecule has 0 spiro atoms. The number of carbonyl (C=O) groups is 2. The van der Waals surface area contributed by atoms with Gasteiger partial charge in [-0.15, -0.1) is 0 Å². The highest BCUT2D eigenvalue weighted by Crippen LogP contribution is 2.67. The highest BCUT2D eigenvalue weighted by Gasteiger charge is 2.70. The molecule has 6 rings (SSSR count). The molecule has 4 heterocycles. The van der Waals surface area contributed by atoms with E-state index in [-0.39, 0.29) is 34.8 Å². The molecule has 46 heavy (non-hydrogen) atoms. The van der Waals surface area contributed by atoms with Crippen LogP contribution >= 0.6 is 12.2 Å². The van der Waals surface area contributed by atoms with Crippen molar-refractivity contribution < 1.29 is 38.1 Å². The van der Waals surface area contributed by atoms with E-state index in [0.29, 0.717) is 24.8 Å². The highest BCUT2D eigenvalue weighted by molar-refractivity contribution is 7.80. The van der Waals surface area contributed by atoms with Crippen LogP contribution in [0.5, 0.6) is 5.75 Å². The number of esters is 2. The lowest BCUT2D eigenvalue weighted by molar-refractivity contribution is -0.265. The van der Waals surface area contributed by atoms with Gasteiger partial charge < -0.3 is 28.5 Å². The van der Waals surface area contributed by atoms with Crippen molar-refractivity contribution in [2.45, 2.75) is 77.8 Å². The molecule has 2 saturated carbocycles. The predicted octanol–water partition coefficient (Wildman–Crippen LogP) is 4.24. The van der Waals surface area contributed by atoms with Crippen molar-refractivity contribution in [2.75, 3.05) is 6.61 Å². The van der Waals surface area contributed by atoms with Crippen LogP contribution in [-0.2, 0) is 23.8 Å². The van der Waals surface area contributed by atoms with Crippen LogP contribution in [0, 0.1) is 22.7 Å². The van der Waals surface area contributed by atoms with Crippen molar-refractivity contribution in [3.63, 3.8) is 0 Å². The van der Waals surface area contributed by atoms with Crippen LogP contribution in [0.15, 0.2) is 58.5 Å². The zero-order chi connectivity index (χ0) is 33.0. The van der Waals surface area contributed by atoms with Crippen LogP contribution in [0.4, 0.5) is 0 Å². The largest absolute Gasteiger partial charge is 0.482 e. The second-order valence-electron chi connectivity index (χ2n) is 13.2. The molecule has 0 bridgehead atoms. The number of aromatic nitrogens is 3. The van der Waals surface area contributed by atoms with Gasteiger partial charge in [-0.3, -0.25) is 19.1 Å². The van der Waals surface area contributed by atoms with E-state index < -0.39 is 58.2 Å². The van der Waals surface area contributed by atoms with Gasteiger partial charge in [0, 0.05) is 61.6 Å². The van der Waals surface area contributed by atoms with Crippen LogP contribution < -0.4 is 10.4 Å². The predicted molar refractivity (Wildman–Crippen MR) is 167 cm³/mol. The average Bonchev–Trinajstić information content (AvgIpc) is 3.54. The van der Waals surface area contributed by atoms with Crippen LogP contribution in [0.3, 0.4) is 0 Å². The quantitative estimate of drug-likeness (QED) is 0.310. The topological polar surface area (TPSA) is 152 Å². The van der Waals surface area contributed by atoms with E-state index in [4.69, 9.17) is 35.6 Å². The van der Waals surface area contributed by atoms with Gasteiger partial charge in [0.05, 0.1) is 6.10 Å². The molecule has 3 aliphatic rings. The molecule has 244 valence electrons. The maximum Gasteiger partial charge on any atom is 0.345 e. The zero-order valence-electron chi connectivity index (χ0n) is 26.3. The number of pyridine rings is 1. The molecule has 0 amide bonds. The Bertz CT molecular complexity index is 1710. The van der Waals surface area contributed by atoms with Gasteiger partial charge in [-0.05, 0) is 61.9 Å². The van der Waals surface area contributed by atoms with Crippen molar-refractivity contribution in [3.8, 4) is 17.1 Å². The number of thiocarbonyl (C=S) groups is 1. The molecule has 12 nitrogen and oxygen atoms in total. The number of ether oxygens (including phenoxy) is 4. The summed E-state index contributed by atoms with van der Waals surface area (Å²) in [5.41, 5.74) is -2.96. The number of aliphatic hydroxyl groups excluding tert-OH is 1. The van der Waals surface area contributed by atoms with E-state index in [1.165, 1.54) is 20.2 Å². The summed E-state index contributed by atoms with van der Waals surface area (Å²) < 4.78 is 32.1. The molecule has 13 heteroatoms. The molecule has 8 atom stereocenters. The molecule has 1 N–H and O–H groups in total. The Kier molecular flexibility index (Phi) is 8.04. The lowest BCUT2D eigenvalue weighted by Gasteiger charge is -2.66. The first-order valence-corrected chi connectivity index (χ1v) is 15.6. The summed E-state index contributed by atoms with van der Waals surface area (Å²) in [4.78, 5) is 46.2. The fraction of sp³-hybridized carbons (Fsp3) is 0.515. The van der Waals surface area contributed by atoms with E-state index in [0.717, 1.165) is 0 Å². The van der Waals surface area contributed by atoms with Gasteiger partial charge in [-0.1, -0.05) is 13.8 Å². The van der Waals surface area contributed by atoms with Gasteiger partial charge in [0.25, 0.3) is 5.17 Å². The zero-order valence-corrected chi connectivity index (χ0v) is 27.1. The summed E-state index contributed by atoms with van der Waals surface area (Å²) in [7, 11) is 0. The third-order valence-electron chi connectivity index (χ3n) is 10.4. The van der Waals surface area contributed by atoms with Gasteiger partial charge in [0.15, 0.2) is 0 Å².